The Hall–Kier alpha value is -2.57. The molecule has 0 bridgehead atoms. The van der Waals surface area contributed by atoms with Crippen LogP contribution in [0.3, 0.4) is 0 Å². The van der Waals surface area contributed by atoms with Gasteiger partial charge in [0, 0.05) is 0 Å². The summed E-state index contributed by atoms with van der Waals surface area (Å²) in [6.07, 6.45) is -0.0202. The lowest BCUT2D eigenvalue weighted by Gasteiger charge is -2.24. The van der Waals surface area contributed by atoms with Gasteiger partial charge < -0.3 is 21.1 Å². The number of carbonyl (C=O) groups excluding carboxylic acids is 3. The number of ether oxygens (including phenoxy) is 1. The summed E-state index contributed by atoms with van der Waals surface area (Å²) in [5.74, 6) is -1.24. The molecule has 0 aliphatic rings. The zero-order chi connectivity index (χ0) is 18.1. The van der Waals surface area contributed by atoms with Crippen molar-refractivity contribution >= 4 is 17.9 Å². The van der Waals surface area contributed by atoms with Crippen LogP contribution in [0, 0.1) is 5.92 Å². The third-order valence-corrected chi connectivity index (χ3v) is 3.77. The Bertz CT molecular complexity index is 562. The van der Waals surface area contributed by atoms with Crippen molar-refractivity contribution in [2.45, 2.75) is 45.9 Å². The summed E-state index contributed by atoms with van der Waals surface area (Å²) < 4.78 is 5.13. The number of nitrogens with two attached hydrogens (primary N) is 1. The van der Waals surface area contributed by atoms with Gasteiger partial charge in [0.2, 0.25) is 11.8 Å². The van der Waals surface area contributed by atoms with Gasteiger partial charge in [0.25, 0.3) is 0 Å². The predicted molar refractivity (Wildman–Crippen MR) is 89.8 cm³/mol. The van der Waals surface area contributed by atoms with Gasteiger partial charge in [0.15, 0.2) is 0 Å². The normalized spacial score (nSPS) is 14.1. The maximum Gasteiger partial charge on any atom is 0.408 e. The van der Waals surface area contributed by atoms with E-state index in [0.717, 1.165) is 5.56 Å². The Kier molecular flexibility index (Phi) is 7.74. The highest BCUT2D eigenvalue weighted by Crippen LogP contribution is 2.09. The number of benzene rings is 1. The van der Waals surface area contributed by atoms with E-state index >= 15 is 0 Å². The van der Waals surface area contributed by atoms with Gasteiger partial charge in [0.05, 0.1) is 0 Å². The molecule has 0 saturated carbocycles. The van der Waals surface area contributed by atoms with Gasteiger partial charge >= 0.3 is 6.09 Å². The van der Waals surface area contributed by atoms with E-state index in [1.165, 1.54) is 6.92 Å². The number of hydrogen-bond acceptors (Lipinski definition) is 4. The second kappa shape index (κ2) is 9.54. The molecule has 3 atom stereocenters. The van der Waals surface area contributed by atoms with Gasteiger partial charge in [0.1, 0.15) is 18.7 Å². The van der Waals surface area contributed by atoms with E-state index in [1.54, 1.807) is 0 Å². The number of hydrogen-bond donors (Lipinski definition) is 3. The smallest absolute Gasteiger partial charge is 0.408 e. The van der Waals surface area contributed by atoms with Crippen LogP contribution in [0.15, 0.2) is 30.3 Å². The van der Waals surface area contributed by atoms with Crippen molar-refractivity contribution in [3.05, 3.63) is 35.9 Å². The molecule has 0 heterocycles. The SMILES string of the molecule is CC[C@@H](C)[C@@H](NC(=O)OCc1ccccc1)C(=O)N[C@@H](C)C(N)=O. The molecular formula is C17H25N3O4. The average Bonchev–Trinajstić information content (AvgIpc) is 2.57. The van der Waals surface area contributed by atoms with E-state index in [1.807, 2.05) is 44.2 Å². The van der Waals surface area contributed by atoms with Crippen LogP contribution in [-0.4, -0.2) is 30.0 Å². The Morgan fingerprint density at radius 3 is 2.29 bits per heavy atom. The van der Waals surface area contributed by atoms with E-state index in [4.69, 9.17) is 10.5 Å². The number of primary amides is 1. The quantitative estimate of drug-likeness (QED) is 0.665. The number of rotatable bonds is 8. The summed E-state index contributed by atoms with van der Waals surface area (Å²) in [5.41, 5.74) is 5.99. The monoisotopic (exact) mass is 335 g/mol. The molecule has 0 aliphatic carbocycles. The van der Waals surface area contributed by atoms with Crippen LogP contribution in [0.25, 0.3) is 0 Å². The van der Waals surface area contributed by atoms with Gasteiger partial charge in [-0.3, -0.25) is 9.59 Å². The zero-order valence-electron chi connectivity index (χ0n) is 14.2. The van der Waals surface area contributed by atoms with Crippen molar-refractivity contribution < 1.29 is 19.1 Å². The van der Waals surface area contributed by atoms with Gasteiger partial charge in [-0.1, -0.05) is 50.6 Å². The fraction of sp³-hybridized carbons (Fsp3) is 0.471. The Labute approximate surface area is 141 Å². The highest BCUT2D eigenvalue weighted by Gasteiger charge is 2.28. The third-order valence-electron chi connectivity index (χ3n) is 3.77. The van der Waals surface area contributed by atoms with Gasteiger partial charge in [-0.25, -0.2) is 4.79 Å². The van der Waals surface area contributed by atoms with Crippen molar-refractivity contribution in [3.63, 3.8) is 0 Å². The molecule has 7 heteroatoms. The number of nitrogens with one attached hydrogen (secondary N) is 2. The molecule has 0 fully saturated rings. The summed E-state index contributed by atoms with van der Waals surface area (Å²) in [5, 5.41) is 5.05. The summed E-state index contributed by atoms with van der Waals surface area (Å²) >= 11 is 0. The van der Waals surface area contributed by atoms with Crippen molar-refractivity contribution in [1.29, 1.82) is 0 Å². The van der Waals surface area contributed by atoms with Crippen molar-refractivity contribution in [3.8, 4) is 0 Å². The standard InChI is InChI=1S/C17H25N3O4/c1-4-11(2)14(16(22)19-12(3)15(18)21)20-17(23)24-10-13-8-6-5-7-9-13/h5-9,11-12,14H,4,10H2,1-3H3,(H2,18,21)(H,19,22)(H,20,23)/t11-,12+,14-/m1/s1. The number of carbonyl (C=O) groups is 3. The predicted octanol–water partition coefficient (Wildman–Crippen LogP) is 1.32. The summed E-state index contributed by atoms with van der Waals surface area (Å²) in [6, 6.07) is 7.61. The lowest BCUT2D eigenvalue weighted by molar-refractivity contribution is -0.129. The van der Waals surface area contributed by atoms with E-state index in [0.29, 0.717) is 6.42 Å². The maximum atomic E-state index is 12.3. The Morgan fingerprint density at radius 2 is 1.75 bits per heavy atom. The minimum atomic E-state index is -0.814. The van der Waals surface area contributed by atoms with Gasteiger partial charge in [-0.2, -0.15) is 0 Å². The lowest BCUT2D eigenvalue weighted by atomic mass is 9.98. The fourth-order valence-corrected chi connectivity index (χ4v) is 1.97. The van der Waals surface area contributed by atoms with Crippen LogP contribution in [0.5, 0.6) is 0 Å². The van der Waals surface area contributed by atoms with Gasteiger partial charge in [-0.05, 0) is 18.4 Å². The zero-order valence-corrected chi connectivity index (χ0v) is 14.2. The minimum absolute atomic E-state index is 0.110. The first-order valence-electron chi connectivity index (χ1n) is 7.92. The van der Waals surface area contributed by atoms with Gasteiger partial charge in [-0.15, -0.1) is 0 Å². The molecule has 0 aromatic heterocycles. The van der Waals surface area contributed by atoms with E-state index in [9.17, 15) is 14.4 Å². The molecule has 0 aliphatic heterocycles. The van der Waals surface area contributed by atoms with Crippen LogP contribution in [0.1, 0.15) is 32.8 Å². The minimum Gasteiger partial charge on any atom is -0.445 e. The molecule has 3 amide bonds. The first kappa shape index (κ1) is 19.5. The van der Waals surface area contributed by atoms with E-state index in [2.05, 4.69) is 10.6 Å². The molecule has 1 aromatic carbocycles. The molecule has 0 radical (unpaired) electrons. The van der Waals surface area contributed by atoms with Crippen molar-refractivity contribution in [1.82, 2.24) is 10.6 Å². The van der Waals surface area contributed by atoms with Crippen LogP contribution in [0.2, 0.25) is 0 Å². The molecular weight excluding hydrogens is 310 g/mol. The Morgan fingerprint density at radius 1 is 1.12 bits per heavy atom. The van der Waals surface area contributed by atoms with Crippen LogP contribution in [0.4, 0.5) is 4.79 Å². The maximum absolute atomic E-state index is 12.3. The highest BCUT2D eigenvalue weighted by molar-refractivity contribution is 5.90. The summed E-state index contributed by atoms with van der Waals surface area (Å²) in [4.78, 5) is 35.3. The topological polar surface area (TPSA) is 111 Å². The molecule has 7 nitrogen and oxygen atoms in total. The molecule has 4 N–H and O–H groups in total. The first-order chi connectivity index (χ1) is 11.3. The van der Waals surface area contributed by atoms with Crippen LogP contribution >= 0.6 is 0 Å². The fourth-order valence-electron chi connectivity index (χ4n) is 1.97. The van der Waals surface area contributed by atoms with Crippen LogP contribution in [-0.2, 0) is 20.9 Å². The first-order valence-corrected chi connectivity index (χ1v) is 7.92. The number of alkyl carbamates (subject to hydrolysis) is 1. The largest absolute Gasteiger partial charge is 0.445 e. The third kappa shape index (κ3) is 6.28. The van der Waals surface area contributed by atoms with Crippen molar-refractivity contribution in [2.24, 2.45) is 11.7 Å². The molecule has 1 aromatic rings. The van der Waals surface area contributed by atoms with E-state index < -0.39 is 30.0 Å². The second-order valence-corrected chi connectivity index (χ2v) is 5.70. The molecule has 1 rings (SSSR count). The summed E-state index contributed by atoms with van der Waals surface area (Å²) in [6.45, 7) is 5.33. The van der Waals surface area contributed by atoms with Crippen LogP contribution < -0.4 is 16.4 Å². The molecule has 0 saturated heterocycles. The van der Waals surface area contributed by atoms with E-state index in [-0.39, 0.29) is 12.5 Å². The average molecular weight is 335 g/mol. The summed E-state index contributed by atoms with van der Waals surface area (Å²) in [7, 11) is 0. The highest BCUT2D eigenvalue weighted by atomic mass is 16.5. The molecule has 0 unspecified atom stereocenters. The lowest BCUT2D eigenvalue weighted by Crippen LogP contribution is -2.54. The Balaban J connectivity index is 2.63. The molecule has 0 spiro atoms. The molecule has 132 valence electrons. The van der Waals surface area contributed by atoms with Crippen molar-refractivity contribution in [2.75, 3.05) is 0 Å². The molecule has 24 heavy (non-hydrogen) atoms. The number of amides is 3. The second-order valence-electron chi connectivity index (χ2n) is 5.70.